The average Bonchev–Trinajstić information content (AvgIpc) is 2.86. The zero-order valence-electron chi connectivity index (χ0n) is 14.6. The molecule has 1 fully saturated rings. The number of carbonyl (C=O) groups excluding carboxylic acids is 1. The van der Waals surface area contributed by atoms with Gasteiger partial charge in [-0.05, 0) is 60.3 Å². The number of aromatic hydroxyl groups is 1. The normalized spacial score (nSPS) is 15.7. The summed E-state index contributed by atoms with van der Waals surface area (Å²) < 4.78 is 10.3. The molecule has 0 unspecified atom stereocenters. The highest BCUT2D eigenvalue weighted by molar-refractivity contribution is 7.80. The van der Waals surface area contributed by atoms with Crippen LogP contribution in [0.15, 0.2) is 48.2 Å². The topological polar surface area (TPSA) is 62.2 Å². The number of amides is 1. The number of methoxy groups -OCH3 is 2. The largest absolute Gasteiger partial charge is 0.504 e. The summed E-state index contributed by atoms with van der Waals surface area (Å²) in [4.78, 5) is 16.0. The van der Waals surface area contributed by atoms with Gasteiger partial charge in [0.25, 0.3) is 5.91 Å². The highest BCUT2D eigenvalue weighted by Gasteiger charge is 2.36. The predicted octanol–water partition coefficient (Wildman–Crippen LogP) is 3.01. The Morgan fingerprint density at radius 2 is 1.77 bits per heavy atom. The summed E-state index contributed by atoms with van der Waals surface area (Å²) in [5.74, 6) is 0.847. The summed E-state index contributed by atoms with van der Waals surface area (Å²) >= 11 is 5.44. The molecular formula is C19H18N2O4S. The number of phenols is 1. The van der Waals surface area contributed by atoms with Crippen LogP contribution in [0.1, 0.15) is 5.56 Å². The molecule has 3 rings (SSSR count). The van der Waals surface area contributed by atoms with Crippen molar-refractivity contribution in [3.8, 4) is 17.2 Å². The molecule has 7 heteroatoms. The second kappa shape index (κ2) is 7.05. The van der Waals surface area contributed by atoms with E-state index in [-0.39, 0.29) is 11.7 Å². The second-order valence-electron chi connectivity index (χ2n) is 5.64. The Morgan fingerprint density at radius 3 is 2.38 bits per heavy atom. The molecule has 0 aromatic heterocycles. The number of rotatable bonds is 4. The molecule has 1 saturated heterocycles. The van der Waals surface area contributed by atoms with E-state index in [4.69, 9.17) is 21.7 Å². The SMILES string of the molecule is COc1ccc(N2C(=O)C(=Cc3ccc(O)c(OC)c3)N(C)C2=S)cc1. The van der Waals surface area contributed by atoms with Crippen molar-refractivity contribution in [3.05, 3.63) is 53.7 Å². The number of nitrogens with zero attached hydrogens (tertiary/aromatic N) is 2. The molecule has 26 heavy (non-hydrogen) atoms. The number of carbonyl (C=O) groups is 1. The van der Waals surface area contributed by atoms with E-state index in [0.29, 0.717) is 33.6 Å². The lowest BCUT2D eigenvalue weighted by molar-refractivity contribution is -0.114. The molecule has 1 amide bonds. The van der Waals surface area contributed by atoms with Crippen molar-refractivity contribution in [2.75, 3.05) is 26.2 Å². The van der Waals surface area contributed by atoms with Crippen LogP contribution in [0.3, 0.4) is 0 Å². The third-order valence-electron chi connectivity index (χ3n) is 4.10. The van der Waals surface area contributed by atoms with E-state index in [1.807, 2.05) is 0 Å². The summed E-state index contributed by atoms with van der Waals surface area (Å²) in [7, 11) is 4.80. The van der Waals surface area contributed by atoms with Crippen LogP contribution in [0, 0.1) is 0 Å². The summed E-state index contributed by atoms with van der Waals surface area (Å²) in [6, 6.07) is 12.0. The molecule has 1 heterocycles. The zero-order valence-corrected chi connectivity index (χ0v) is 15.4. The first-order chi connectivity index (χ1) is 12.5. The quantitative estimate of drug-likeness (QED) is 0.659. The fourth-order valence-corrected chi connectivity index (χ4v) is 2.94. The standard InChI is InChI=1S/C19H18N2O4S/c1-20-15(10-12-4-9-16(22)17(11-12)25-3)18(23)21(19(20)26)13-5-7-14(24-2)8-6-13/h4-11,22H,1-3H3. The Kier molecular flexibility index (Phi) is 4.81. The molecule has 1 aliphatic heterocycles. The molecule has 0 bridgehead atoms. The van der Waals surface area contributed by atoms with Crippen molar-refractivity contribution in [3.63, 3.8) is 0 Å². The molecule has 0 aliphatic carbocycles. The molecule has 2 aromatic rings. The lowest BCUT2D eigenvalue weighted by Gasteiger charge is -2.16. The van der Waals surface area contributed by atoms with E-state index in [1.165, 1.54) is 18.1 Å². The highest BCUT2D eigenvalue weighted by Crippen LogP contribution is 2.31. The number of hydrogen-bond donors (Lipinski definition) is 1. The van der Waals surface area contributed by atoms with Crippen molar-refractivity contribution in [1.82, 2.24) is 4.90 Å². The second-order valence-corrected chi connectivity index (χ2v) is 6.01. The van der Waals surface area contributed by atoms with Crippen molar-refractivity contribution in [1.29, 1.82) is 0 Å². The summed E-state index contributed by atoms with van der Waals surface area (Å²) in [6.07, 6.45) is 1.71. The fourth-order valence-electron chi connectivity index (χ4n) is 2.66. The predicted molar refractivity (Wildman–Crippen MR) is 103 cm³/mol. The minimum Gasteiger partial charge on any atom is -0.504 e. The van der Waals surface area contributed by atoms with Crippen LogP contribution in [0.2, 0.25) is 0 Å². The van der Waals surface area contributed by atoms with Gasteiger partial charge in [0.05, 0.1) is 19.9 Å². The number of benzene rings is 2. The third kappa shape index (κ3) is 3.09. The molecule has 0 saturated carbocycles. The van der Waals surface area contributed by atoms with Gasteiger partial charge in [-0.1, -0.05) is 6.07 Å². The smallest absolute Gasteiger partial charge is 0.281 e. The van der Waals surface area contributed by atoms with Crippen LogP contribution in [-0.2, 0) is 4.79 Å². The minimum absolute atomic E-state index is 0.0381. The van der Waals surface area contributed by atoms with Gasteiger partial charge in [0.15, 0.2) is 16.6 Å². The van der Waals surface area contributed by atoms with Crippen LogP contribution in [0.4, 0.5) is 5.69 Å². The van der Waals surface area contributed by atoms with Gasteiger partial charge in [0.1, 0.15) is 11.4 Å². The third-order valence-corrected chi connectivity index (χ3v) is 4.56. The molecule has 0 radical (unpaired) electrons. The van der Waals surface area contributed by atoms with E-state index in [9.17, 15) is 9.90 Å². The number of likely N-dealkylation sites (N-methyl/N-ethyl adjacent to an activating group) is 1. The Labute approximate surface area is 156 Å². The highest BCUT2D eigenvalue weighted by atomic mass is 32.1. The first-order valence-corrected chi connectivity index (χ1v) is 8.22. The van der Waals surface area contributed by atoms with Crippen LogP contribution in [0.25, 0.3) is 6.08 Å². The van der Waals surface area contributed by atoms with Crippen LogP contribution in [-0.4, -0.2) is 42.3 Å². The Morgan fingerprint density at radius 1 is 1.08 bits per heavy atom. The first-order valence-electron chi connectivity index (χ1n) is 7.81. The van der Waals surface area contributed by atoms with E-state index in [0.717, 1.165) is 0 Å². The molecule has 2 aromatic carbocycles. The van der Waals surface area contributed by atoms with Crippen LogP contribution < -0.4 is 14.4 Å². The Balaban J connectivity index is 1.96. The fraction of sp³-hybridized carbons (Fsp3) is 0.158. The summed E-state index contributed by atoms with van der Waals surface area (Å²) in [6.45, 7) is 0. The lowest BCUT2D eigenvalue weighted by atomic mass is 10.1. The first kappa shape index (κ1) is 17.8. The van der Waals surface area contributed by atoms with E-state index >= 15 is 0 Å². The molecule has 134 valence electrons. The van der Waals surface area contributed by atoms with Gasteiger partial charge < -0.3 is 19.5 Å². The lowest BCUT2D eigenvalue weighted by Crippen LogP contribution is -2.31. The van der Waals surface area contributed by atoms with Gasteiger partial charge in [-0.15, -0.1) is 0 Å². The molecular weight excluding hydrogens is 352 g/mol. The van der Waals surface area contributed by atoms with Gasteiger partial charge in [-0.3, -0.25) is 9.69 Å². The van der Waals surface area contributed by atoms with Crippen molar-refractivity contribution >= 4 is 35.0 Å². The number of ether oxygens (including phenoxy) is 2. The minimum atomic E-state index is -0.227. The monoisotopic (exact) mass is 370 g/mol. The molecule has 0 atom stereocenters. The Bertz CT molecular complexity index is 893. The van der Waals surface area contributed by atoms with Crippen molar-refractivity contribution in [2.45, 2.75) is 0 Å². The average molecular weight is 370 g/mol. The summed E-state index contributed by atoms with van der Waals surface area (Å²) in [5.41, 5.74) is 1.81. The molecule has 1 N–H and O–H groups in total. The van der Waals surface area contributed by atoms with Crippen molar-refractivity contribution < 1.29 is 19.4 Å². The Hall–Kier alpha value is -3.06. The van der Waals surface area contributed by atoms with Gasteiger partial charge in [0.2, 0.25) is 0 Å². The van der Waals surface area contributed by atoms with Gasteiger partial charge in [0, 0.05) is 7.05 Å². The molecule has 1 aliphatic rings. The zero-order chi connectivity index (χ0) is 18.8. The maximum absolute atomic E-state index is 12.9. The van der Waals surface area contributed by atoms with E-state index in [1.54, 1.807) is 61.5 Å². The molecule has 0 spiro atoms. The number of phenolic OH excluding ortho intramolecular Hbond substituents is 1. The van der Waals surface area contributed by atoms with Crippen LogP contribution >= 0.6 is 12.2 Å². The van der Waals surface area contributed by atoms with E-state index in [2.05, 4.69) is 0 Å². The molecule has 6 nitrogen and oxygen atoms in total. The van der Waals surface area contributed by atoms with E-state index < -0.39 is 0 Å². The van der Waals surface area contributed by atoms with Crippen molar-refractivity contribution in [2.24, 2.45) is 0 Å². The van der Waals surface area contributed by atoms with Gasteiger partial charge in [-0.2, -0.15) is 0 Å². The summed E-state index contributed by atoms with van der Waals surface area (Å²) in [5, 5.41) is 10.1. The van der Waals surface area contributed by atoms with Gasteiger partial charge >= 0.3 is 0 Å². The number of thiocarbonyl (C=S) groups is 1. The van der Waals surface area contributed by atoms with Gasteiger partial charge in [-0.25, -0.2) is 0 Å². The number of anilines is 1. The number of hydrogen-bond acceptors (Lipinski definition) is 5. The maximum atomic E-state index is 12.9. The van der Waals surface area contributed by atoms with Crippen LogP contribution in [0.5, 0.6) is 17.2 Å². The maximum Gasteiger partial charge on any atom is 0.281 e.